The Morgan fingerprint density at radius 3 is 2.67 bits per heavy atom. The molecule has 2 heterocycles. The van der Waals surface area contributed by atoms with Crippen molar-refractivity contribution in [3.8, 4) is 17.0 Å². The van der Waals surface area contributed by atoms with Crippen LogP contribution in [0.25, 0.3) is 22.2 Å². The smallest absolute Gasteiger partial charge is 0.139 e. The molecule has 4 aromatic rings. The molecule has 2 aromatic carbocycles. The van der Waals surface area contributed by atoms with E-state index in [0.29, 0.717) is 5.92 Å². The van der Waals surface area contributed by atoms with Crippen LogP contribution in [-0.2, 0) is 0 Å². The Balaban J connectivity index is 1.72. The van der Waals surface area contributed by atoms with E-state index < -0.39 is 0 Å². The molecule has 0 aliphatic carbocycles. The molecule has 0 radical (unpaired) electrons. The molecule has 0 saturated carbocycles. The van der Waals surface area contributed by atoms with Gasteiger partial charge in [-0.25, -0.2) is 4.98 Å². The Kier molecular flexibility index (Phi) is 4.55. The molecule has 0 aliphatic heterocycles. The highest BCUT2D eigenvalue weighted by Gasteiger charge is 2.10. The minimum atomic E-state index is 0.488. The van der Waals surface area contributed by atoms with Crippen LogP contribution in [-0.4, -0.2) is 17.1 Å². The minimum absolute atomic E-state index is 0.488. The van der Waals surface area contributed by atoms with E-state index >= 15 is 0 Å². The van der Waals surface area contributed by atoms with Crippen molar-refractivity contribution in [3.05, 3.63) is 72.4 Å². The van der Waals surface area contributed by atoms with Gasteiger partial charge in [-0.15, -0.1) is 0 Å². The molecule has 0 spiro atoms. The summed E-state index contributed by atoms with van der Waals surface area (Å²) in [5.74, 6) is 2.18. The van der Waals surface area contributed by atoms with Gasteiger partial charge in [0, 0.05) is 28.5 Å². The number of methoxy groups -OCH3 is 1. The Morgan fingerprint density at radius 2 is 1.85 bits per heavy atom. The molecule has 0 unspecified atom stereocenters. The lowest BCUT2D eigenvalue weighted by Gasteiger charge is -2.10. The molecule has 2 N–H and O–H groups in total. The molecule has 4 heteroatoms. The maximum Gasteiger partial charge on any atom is 0.139 e. The van der Waals surface area contributed by atoms with Crippen molar-refractivity contribution >= 4 is 22.4 Å². The molecule has 0 saturated heterocycles. The summed E-state index contributed by atoms with van der Waals surface area (Å²) in [6.07, 6.45) is 1.82. The Morgan fingerprint density at radius 1 is 1.00 bits per heavy atom. The third-order valence-corrected chi connectivity index (χ3v) is 4.74. The summed E-state index contributed by atoms with van der Waals surface area (Å²) in [4.78, 5) is 8.05. The van der Waals surface area contributed by atoms with Crippen molar-refractivity contribution in [2.45, 2.75) is 19.8 Å². The van der Waals surface area contributed by atoms with E-state index in [2.05, 4.69) is 65.5 Å². The van der Waals surface area contributed by atoms with E-state index in [1.165, 1.54) is 5.56 Å². The number of benzene rings is 2. The fourth-order valence-electron chi connectivity index (χ4n) is 3.21. The van der Waals surface area contributed by atoms with Gasteiger partial charge >= 0.3 is 0 Å². The quantitative estimate of drug-likeness (QED) is 0.453. The fraction of sp³-hybridized carbons (Fsp3) is 0.174. The van der Waals surface area contributed by atoms with Gasteiger partial charge in [-0.05, 0) is 47.9 Å². The van der Waals surface area contributed by atoms with Gasteiger partial charge in [-0.3, -0.25) is 0 Å². The first-order valence-corrected chi connectivity index (χ1v) is 9.13. The molecular weight excluding hydrogens is 334 g/mol. The van der Waals surface area contributed by atoms with Crippen LogP contribution < -0.4 is 10.1 Å². The lowest BCUT2D eigenvalue weighted by Crippen LogP contribution is -1.95. The van der Waals surface area contributed by atoms with Gasteiger partial charge in [-0.1, -0.05) is 38.1 Å². The second-order valence-corrected chi connectivity index (χ2v) is 6.94. The van der Waals surface area contributed by atoms with E-state index in [9.17, 15) is 0 Å². The number of rotatable bonds is 5. The molecule has 0 bridgehead atoms. The number of hydrogen-bond donors (Lipinski definition) is 2. The highest BCUT2D eigenvalue weighted by molar-refractivity contribution is 5.95. The number of nitrogens with zero attached hydrogens (tertiary/aromatic N) is 1. The summed E-state index contributed by atoms with van der Waals surface area (Å²) in [5.41, 5.74) is 5.52. The topological polar surface area (TPSA) is 49.9 Å². The maximum absolute atomic E-state index is 5.35. The number of H-pyrrole nitrogens is 1. The second-order valence-electron chi connectivity index (χ2n) is 6.94. The van der Waals surface area contributed by atoms with E-state index in [1.807, 2.05) is 30.5 Å². The fourth-order valence-corrected chi connectivity index (χ4v) is 3.21. The lowest BCUT2D eigenvalue weighted by molar-refractivity contribution is 0.415. The van der Waals surface area contributed by atoms with Crippen molar-refractivity contribution in [3.63, 3.8) is 0 Å². The summed E-state index contributed by atoms with van der Waals surface area (Å²) >= 11 is 0. The van der Waals surface area contributed by atoms with Crippen molar-refractivity contribution in [1.29, 1.82) is 0 Å². The molecule has 136 valence electrons. The summed E-state index contributed by atoms with van der Waals surface area (Å²) in [6.45, 7) is 4.40. The molecule has 0 aliphatic rings. The standard InChI is InChI=1S/C23H23N3O/c1-15(2)16-6-4-8-18(12-16)25-23-20-14-22(26-21(20)10-11-24-23)17-7-5-9-19(13-17)27-3/h4-15,26H,1-3H3,(H,24,25). The van der Waals surface area contributed by atoms with Crippen LogP contribution in [0, 0.1) is 0 Å². The van der Waals surface area contributed by atoms with Crippen LogP contribution in [0.2, 0.25) is 0 Å². The summed E-state index contributed by atoms with van der Waals surface area (Å²) < 4.78 is 5.35. The molecule has 0 fully saturated rings. The number of ether oxygens (including phenoxy) is 1. The van der Waals surface area contributed by atoms with E-state index in [1.54, 1.807) is 7.11 Å². The van der Waals surface area contributed by atoms with Gasteiger partial charge in [0.1, 0.15) is 11.6 Å². The van der Waals surface area contributed by atoms with Gasteiger partial charge < -0.3 is 15.0 Å². The average Bonchev–Trinajstić information content (AvgIpc) is 3.14. The van der Waals surface area contributed by atoms with Gasteiger partial charge in [0.15, 0.2) is 0 Å². The summed E-state index contributed by atoms with van der Waals surface area (Å²) in [5, 5.41) is 4.53. The number of pyridine rings is 1. The molecule has 27 heavy (non-hydrogen) atoms. The highest BCUT2D eigenvalue weighted by Crippen LogP contribution is 2.31. The van der Waals surface area contributed by atoms with Crippen LogP contribution in [0.3, 0.4) is 0 Å². The molecular formula is C23H23N3O. The summed E-state index contributed by atoms with van der Waals surface area (Å²) in [6, 6.07) is 20.6. The van der Waals surface area contributed by atoms with Crippen LogP contribution >= 0.6 is 0 Å². The molecule has 2 aromatic heterocycles. The SMILES string of the molecule is COc1cccc(-c2cc3c(Nc4cccc(C(C)C)c4)nccc3[nH]2)c1. The molecule has 4 rings (SSSR count). The highest BCUT2D eigenvalue weighted by atomic mass is 16.5. The van der Waals surface area contributed by atoms with E-state index in [-0.39, 0.29) is 0 Å². The zero-order chi connectivity index (χ0) is 18.8. The van der Waals surface area contributed by atoms with Gasteiger partial charge in [0.2, 0.25) is 0 Å². The van der Waals surface area contributed by atoms with Gasteiger partial charge in [0.25, 0.3) is 0 Å². The van der Waals surface area contributed by atoms with Crippen LogP contribution in [0.1, 0.15) is 25.3 Å². The van der Waals surface area contributed by atoms with Crippen molar-refractivity contribution in [1.82, 2.24) is 9.97 Å². The predicted molar refractivity (Wildman–Crippen MR) is 112 cm³/mol. The Bertz CT molecular complexity index is 1080. The monoisotopic (exact) mass is 357 g/mol. The Hall–Kier alpha value is -3.27. The first kappa shape index (κ1) is 17.2. The average molecular weight is 357 g/mol. The zero-order valence-electron chi connectivity index (χ0n) is 15.8. The number of aromatic amines is 1. The van der Waals surface area contributed by atoms with Crippen LogP contribution in [0.4, 0.5) is 11.5 Å². The molecule has 0 amide bonds. The third kappa shape index (κ3) is 3.51. The third-order valence-electron chi connectivity index (χ3n) is 4.74. The first-order chi connectivity index (χ1) is 13.1. The van der Waals surface area contributed by atoms with Crippen molar-refractivity contribution in [2.75, 3.05) is 12.4 Å². The molecule has 4 nitrogen and oxygen atoms in total. The number of nitrogens with one attached hydrogen (secondary N) is 2. The van der Waals surface area contributed by atoms with Gasteiger partial charge in [-0.2, -0.15) is 0 Å². The minimum Gasteiger partial charge on any atom is -0.497 e. The normalized spacial score (nSPS) is 11.1. The lowest BCUT2D eigenvalue weighted by atomic mass is 10.0. The van der Waals surface area contributed by atoms with Crippen molar-refractivity contribution < 1.29 is 4.74 Å². The second kappa shape index (κ2) is 7.16. The maximum atomic E-state index is 5.35. The van der Waals surface area contributed by atoms with Crippen molar-refractivity contribution in [2.24, 2.45) is 0 Å². The summed E-state index contributed by atoms with van der Waals surface area (Å²) in [7, 11) is 1.68. The van der Waals surface area contributed by atoms with Crippen LogP contribution in [0.5, 0.6) is 5.75 Å². The number of hydrogen-bond acceptors (Lipinski definition) is 3. The molecule has 0 atom stereocenters. The number of anilines is 2. The zero-order valence-corrected chi connectivity index (χ0v) is 15.8. The largest absolute Gasteiger partial charge is 0.497 e. The van der Waals surface area contributed by atoms with Crippen LogP contribution in [0.15, 0.2) is 66.9 Å². The number of aromatic nitrogens is 2. The predicted octanol–water partition coefficient (Wildman–Crippen LogP) is 6.11. The van der Waals surface area contributed by atoms with Gasteiger partial charge in [0.05, 0.1) is 12.6 Å². The van der Waals surface area contributed by atoms with E-state index in [0.717, 1.165) is 39.4 Å². The number of fused-ring (bicyclic) bond motifs is 1. The Labute approximate surface area is 159 Å². The van der Waals surface area contributed by atoms with E-state index in [4.69, 9.17) is 4.74 Å². The first-order valence-electron chi connectivity index (χ1n) is 9.13.